The molecular formula is C14H15NOS. The van der Waals surface area contributed by atoms with Crippen LogP contribution < -0.4 is 0 Å². The van der Waals surface area contributed by atoms with Gasteiger partial charge in [-0.05, 0) is 34.6 Å². The monoisotopic (exact) mass is 245 g/mol. The Morgan fingerprint density at radius 3 is 2.59 bits per heavy atom. The summed E-state index contributed by atoms with van der Waals surface area (Å²) in [4.78, 5) is 0. The molecule has 0 bridgehead atoms. The number of nitrogens with zero attached hydrogens (tertiary/aromatic N) is 1. The Labute approximate surface area is 105 Å². The molecule has 17 heavy (non-hydrogen) atoms. The Morgan fingerprint density at radius 2 is 2.00 bits per heavy atom. The summed E-state index contributed by atoms with van der Waals surface area (Å²) in [6, 6.07) is 5.79. The number of hydrogen-bond donors (Lipinski definition) is 1. The van der Waals surface area contributed by atoms with Gasteiger partial charge in [-0.1, -0.05) is 38.1 Å². The van der Waals surface area contributed by atoms with Gasteiger partial charge in [0.1, 0.15) is 5.75 Å². The molecule has 1 aromatic carbocycles. The van der Waals surface area contributed by atoms with Crippen LogP contribution in [0, 0.1) is 0 Å². The minimum Gasteiger partial charge on any atom is -0.508 e. The average Bonchev–Trinajstić information content (AvgIpc) is 2.78. The molecule has 2 rings (SSSR count). The molecule has 1 aromatic heterocycles. The minimum atomic E-state index is 0.342. The van der Waals surface area contributed by atoms with Crippen molar-refractivity contribution in [3.05, 3.63) is 46.5 Å². The van der Waals surface area contributed by atoms with Crippen molar-refractivity contribution >= 4 is 23.7 Å². The molecule has 0 fully saturated rings. The number of rotatable bonds is 3. The minimum absolute atomic E-state index is 0.342. The highest BCUT2D eigenvalue weighted by atomic mass is 32.1. The van der Waals surface area contributed by atoms with E-state index in [9.17, 15) is 5.11 Å². The first-order valence-corrected chi connectivity index (χ1v) is 6.41. The van der Waals surface area contributed by atoms with Crippen LogP contribution in [0.1, 0.15) is 36.5 Å². The Morgan fingerprint density at radius 1 is 1.24 bits per heavy atom. The zero-order chi connectivity index (χ0) is 12.3. The van der Waals surface area contributed by atoms with Gasteiger partial charge in [-0.15, -0.1) is 0 Å². The van der Waals surface area contributed by atoms with Gasteiger partial charge in [0, 0.05) is 17.1 Å². The summed E-state index contributed by atoms with van der Waals surface area (Å²) in [5.41, 5.74) is 3.07. The predicted molar refractivity (Wildman–Crippen MR) is 73.2 cm³/mol. The fourth-order valence-electron chi connectivity index (χ4n) is 1.64. The molecule has 0 unspecified atom stereocenters. The number of benzene rings is 1. The summed E-state index contributed by atoms with van der Waals surface area (Å²) in [7, 11) is 0. The first-order chi connectivity index (χ1) is 8.16. The van der Waals surface area contributed by atoms with Crippen LogP contribution in [0.25, 0.3) is 12.2 Å². The predicted octanol–water partition coefficient (Wildman–Crippen LogP) is 4.14. The van der Waals surface area contributed by atoms with E-state index < -0.39 is 0 Å². The number of phenols is 1. The molecule has 88 valence electrons. The molecule has 3 heteroatoms. The van der Waals surface area contributed by atoms with E-state index in [1.54, 1.807) is 6.07 Å². The van der Waals surface area contributed by atoms with Gasteiger partial charge in [0.05, 0.1) is 0 Å². The fourth-order valence-corrected chi connectivity index (χ4v) is 2.14. The van der Waals surface area contributed by atoms with Crippen LogP contribution in [0.2, 0.25) is 0 Å². The van der Waals surface area contributed by atoms with E-state index in [1.165, 1.54) is 11.5 Å². The lowest BCUT2D eigenvalue weighted by molar-refractivity contribution is 0.465. The van der Waals surface area contributed by atoms with Gasteiger partial charge in [0.2, 0.25) is 0 Å². The highest BCUT2D eigenvalue weighted by molar-refractivity contribution is 7.03. The first kappa shape index (κ1) is 11.9. The van der Waals surface area contributed by atoms with Crippen LogP contribution in [-0.4, -0.2) is 9.48 Å². The second-order valence-corrected chi connectivity index (χ2v) is 4.92. The van der Waals surface area contributed by atoms with Crippen molar-refractivity contribution in [2.45, 2.75) is 19.8 Å². The van der Waals surface area contributed by atoms with E-state index in [4.69, 9.17) is 0 Å². The SMILES string of the molecule is CC(C)c1ccc(/C=C/c2cnsc2)cc1O. The highest BCUT2D eigenvalue weighted by Crippen LogP contribution is 2.26. The van der Waals surface area contributed by atoms with Crippen LogP contribution in [0.5, 0.6) is 5.75 Å². The Kier molecular flexibility index (Phi) is 3.59. The molecule has 1 heterocycles. The Hall–Kier alpha value is -1.61. The fraction of sp³-hybridized carbons (Fsp3) is 0.214. The molecule has 0 saturated carbocycles. The summed E-state index contributed by atoms with van der Waals surface area (Å²) >= 11 is 1.43. The second kappa shape index (κ2) is 5.15. The maximum Gasteiger partial charge on any atom is 0.119 e. The standard InChI is InChI=1S/C14H15NOS/c1-10(2)13-6-5-11(7-14(13)16)3-4-12-8-15-17-9-12/h3-10,16H,1-2H3/b4-3+. The maximum absolute atomic E-state index is 9.87. The zero-order valence-corrected chi connectivity index (χ0v) is 10.7. The molecule has 2 aromatic rings. The third-order valence-electron chi connectivity index (χ3n) is 2.60. The van der Waals surface area contributed by atoms with E-state index in [-0.39, 0.29) is 0 Å². The highest BCUT2D eigenvalue weighted by Gasteiger charge is 2.05. The average molecular weight is 245 g/mol. The third kappa shape index (κ3) is 2.94. The van der Waals surface area contributed by atoms with E-state index >= 15 is 0 Å². The summed E-state index contributed by atoms with van der Waals surface area (Å²) in [6.45, 7) is 4.14. The van der Waals surface area contributed by atoms with Gasteiger partial charge in [-0.3, -0.25) is 0 Å². The lowest BCUT2D eigenvalue weighted by Crippen LogP contribution is -1.88. The molecule has 0 saturated heterocycles. The van der Waals surface area contributed by atoms with Crippen molar-refractivity contribution in [1.82, 2.24) is 4.37 Å². The number of phenolic OH excluding ortho intramolecular Hbond substituents is 1. The van der Waals surface area contributed by atoms with Crippen LogP contribution >= 0.6 is 11.5 Å². The zero-order valence-electron chi connectivity index (χ0n) is 9.92. The number of hydrogen-bond acceptors (Lipinski definition) is 3. The topological polar surface area (TPSA) is 33.1 Å². The lowest BCUT2D eigenvalue weighted by Gasteiger charge is -2.08. The molecule has 0 spiro atoms. The lowest BCUT2D eigenvalue weighted by atomic mass is 10.00. The van der Waals surface area contributed by atoms with E-state index in [2.05, 4.69) is 18.2 Å². The molecule has 1 N–H and O–H groups in total. The van der Waals surface area contributed by atoms with Crippen molar-refractivity contribution in [1.29, 1.82) is 0 Å². The third-order valence-corrected chi connectivity index (χ3v) is 3.20. The quantitative estimate of drug-likeness (QED) is 0.881. The normalized spacial score (nSPS) is 11.5. The van der Waals surface area contributed by atoms with Gasteiger partial charge in [-0.25, -0.2) is 4.37 Å². The van der Waals surface area contributed by atoms with E-state index in [1.807, 2.05) is 35.9 Å². The molecule has 0 aliphatic heterocycles. The van der Waals surface area contributed by atoms with Crippen molar-refractivity contribution < 1.29 is 5.11 Å². The van der Waals surface area contributed by atoms with E-state index in [0.717, 1.165) is 16.7 Å². The van der Waals surface area contributed by atoms with Gasteiger partial charge < -0.3 is 5.11 Å². The van der Waals surface area contributed by atoms with Gasteiger partial charge in [-0.2, -0.15) is 0 Å². The Balaban J connectivity index is 2.21. The largest absolute Gasteiger partial charge is 0.508 e. The van der Waals surface area contributed by atoms with Crippen LogP contribution in [0.4, 0.5) is 0 Å². The molecule has 2 nitrogen and oxygen atoms in total. The molecule has 0 amide bonds. The summed E-state index contributed by atoms with van der Waals surface area (Å²) < 4.78 is 4.03. The Bertz CT molecular complexity index is 515. The van der Waals surface area contributed by atoms with E-state index in [0.29, 0.717) is 11.7 Å². The number of aromatic hydroxyl groups is 1. The van der Waals surface area contributed by atoms with Crippen molar-refractivity contribution in [3.63, 3.8) is 0 Å². The van der Waals surface area contributed by atoms with Crippen molar-refractivity contribution in [3.8, 4) is 5.75 Å². The molecule has 0 atom stereocenters. The smallest absolute Gasteiger partial charge is 0.119 e. The molecular weight excluding hydrogens is 230 g/mol. The summed E-state index contributed by atoms with van der Waals surface area (Å²) in [5.74, 6) is 0.708. The van der Waals surface area contributed by atoms with Crippen LogP contribution in [0.15, 0.2) is 29.8 Å². The molecule has 0 aliphatic carbocycles. The van der Waals surface area contributed by atoms with Gasteiger partial charge >= 0.3 is 0 Å². The first-order valence-electron chi connectivity index (χ1n) is 5.57. The van der Waals surface area contributed by atoms with Crippen molar-refractivity contribution in [2.24, 2.45) is 0 Å². The van der Waals surface area contributed by atoms with Crippen LogP contribution in [-0.2, 0) is 0 Å². The number of aromatic nitrogens is 1. The van der Waals surface area contributed by atoms with Gasteiger partial charge in [0.15, 0.2) is 0 Å². The maximum atomic E-state index is 9.87. The summed E-state index contributed by atoms with van der Waals surface area (Å²) in [5, 5.41) is 11.9. The van der Waals surface area contributed by atoms with Gasteiger partial charge in [0.25, 0.3) is 0 Å². The summed E-state index contributed by atoms with van der Waals surface area (Å²) in [6.07, 6.45) is 5.80. The van der Waals surface area contributed by atoms with Crippen LogP contribution in [0.3, 0.4) is 0 Å². The molecule has 0 radical (unpaired) electrons. The van der Waals surface area contributed by atoms with Crippen molar-refractivity contribution in [2.75, 3.05) is 0 Å². The second-order valence-electron chi connectivity index (χ2n) is 4.26. The molecule has 0 aliphatic rings.